The van der Waals surface area contributed by atoms with E-state index in [1.165, 1.54) is 4.68 Å². The van der Waals surface area contributed by atoms with Crippen LogP contribution in [0.5, 0.6) is 0 Å². The van der Waals surface area contributed by atoms with Crippen molar-refractivity contribution in [1.82, 2.24) is 9.78 Å². The summed E-state index contributed by atoms with van der Waals surface area (Å²) in [5.41, 5.74) is 5.52. The Balaban J connectivity index is 3.53. The maximum absolute atomic E-state index is 11.7. The van der Waals surface area contributed by atoms with Crippen molar-refractivity contribution in [3.63, 3.8) is 0 Å². The van der Waals surface area contributed by atoms with E-state index < -0.39 is 9.84 Å². The zero-order chi connectivity index (χ0) is 13.4. The molecule has 98 valence electrons. The molecular formula is C10H20N4O2S. The average Bonchev–Trinajstić information content (AvgIpc) is 2.41. The zero-order valence-corrected chi connectivity index (χ0v) is 11.7. The van der Waals surface area contributed by atoms with Crippen LogP contribution in [0.1, 0.15) is 27.7 Å². The minimum absolute atomic E-state index is 0.0780. The molecule has 0 spiro atoms. The average molecular weight is 260 g/mol. The Bertz CT molecular complexity index is 511. The van der Waals surface area contributed by atoms with Crippen molar-refractivity contribution in [3.05, 3.63) is 0 Å². The molecule has 0 aromatic carbocycles. The Morgan fingerprint density at radius 1 is 1.41 bits per heavy atom. The smallest absolute Gasteiger partial charge is 0.182 e. The lowest BCUT2D eigenvalue weighted by molar-refractivity contribution is 0.362. The van der Waals surface area contributed by atoms with Gasteiger partial charge in [-0.3, -0.25) is 0 Å². The molecule has 6 nitrogen and oxygen atoms in total. The molecular weight excluding hydrogens is 240 g/mol. The van der Waals surface area contributed by atoms with Gasteiger partial charge in [-0.15, -0.1) is 0 Å². The van der Waals surface area contributed by atoms with E-state index in [4.69, 9.17) is 5.73 Å². The van der Waals surface area contributed by atoms with Crippen molar-refractivity contribution in [2.75, 3.05) is 23.9 Å². The second-order valence-electron chi connectivity index (χ2n) is 4.95. The summed E-state index contributed by atoms with van der Waals surface area (Å²) in [5, 5.41) is 7.16. The molecule has 0 radical (unpaired) electrons. The maximum Gasteiger partial charge on any atom is 0.182 e. The van der Waals surface area contributed by atoms with Gasteiger partial charge in [0.15, 0.2) is 20.6 Å². The second kappa shape index (κ2) is 4.21. The molecule has 1 aromatic heterocycles. The number of sulfone groups is 1. The van der Waals surface area contributed by atoms with Crippen LogP contribution in [0.15, 0.2) is 4.90 Å². The fraction of sp³-hybridized carbons (Fsp3) is 0.700. The fourth-order valence-corrected chi connectivity index (χ4v) is 2.51. The highest BCUT2D eigenvalue weighted by Crippen LogP contribution is 2.31. The van der Waals surface area contributed by atoms with Crippen LogP contribution in [0.25, 0.3) is 0 Å². The van der Waals surface area contributed by atoms with Gasteiger partial charge < -0.3 is 11.1 Å². The molecule has 0 aliphatic carbocycles. The third kappa shape index (κ3) is 2.71. The van der Waals surface area contributed by atoms with E-state index in [1.807, 2.05) is 27.7 Å². The summed E-state index contributed by atoms with van der Waals surface area (Å²) in [4.78, 5) is 0.0780. The van der Waals surface area contributed by atoms with Gasteiger partial charge in [-0.2, -0.15) is 5.10 Å². The third-order valence-corrected chi connectivity index (χ3v) is 3.37. The van der Waals surface area contributed by atoms with Gasteiger partial charge in [0, 0.05) is 12.8 Å². The van der Waals surface area contributed by atoms with Gasteiger partial charge in [-0.1, -0.05) is 0 Å². The predicted molar refractivity (Wildman–Crippen MR) is 68.9 cm³/mol. The number of rotatable bonds is 3. The molecule has 0 aliphatic rings. The van der Waals surface area contributed by atoms with E-state index in [2.05, 4.69) is 10.4 Å². The van der Waals surface area contributed by atoms with Crippen LogP contribution in [0, 0.1) is 0 Å². The topological polar surface area (TPSA) is 90.0 Å². The highest BCUT2D eigenvalue weighted by atomic mass is 32.2. The van der Waals surface area contributed by atoms with Crippen LogP contribution < -0.4 is 11.1 Å². The molecule has 17 heavy (non-hydrogen) atoms. The Labute approximate surface area is 102 Å². The van der Waals surface area contributed by atoms with E-state index in [9.17, 15) is 8.42 Å². The quantitative estimate of drug-likeness (QED) is 0.848. The molecule has 1 heterocycles. The largest absolute Gasteiger partial charge is 0.383 e. The van der Waals surface area contributed by atoms with E-state index in [0.29, 0.717) is 12.4 Å². The minimum Gasteiger partial charge on any atom is -0.383 e. The van der Waals surface area contributed by atoms with Crippen molar-refractivity contribution in [2.45, 2.75) is 38.1 Å². The monoisotopic (exact) mass is 260 g/mol. The highest BCUT2D eigenvalue weighted by molar-refractivity contribution is 7.91. The van der Waals surface area contributed by atoms with Crippen molar-refractivity contribution >= 4 is 21.5 Å². The number of nitrogens with zero attached hydrogens (tertiary/aromatic N) is 2. The molecule has 0 unspecified atom stereocenters. The first-order valence-electron chi connectivity index (χ1n) is 5.42. The maximum atomic E-state index is 11.7. The van der Waals surface area contributed by atoms with Crippen LogP contribution in [0.3, 0.4) is 0 Å². The molecule has 0 saturated heterocycles. The molecule has 0 amide bonds. The van der Waals surface area contributed by atoms with E-state index in [0.717, 1.165) is 6.26 Å². The number of hydrogen-bond acceptors (Lipinski definition) is 5. The summed E-state index contributed by atoms with van der Waals surface area (Å²) < 4.78 is 25.0. The lowest BCUT2D eigenvalue weighted by Gasteiger charge is -2.20. The lowest BCUT2D eigenvalue weighted by atomic mass is 10.1. The van der Waals surface area contributed by atoms with Crippen LogP contribution in [0.4, 0.5) is 11.6 Å². The third-order valence-electron chi connectivity index (χ3n) is 2.23. The van der Waals surface area contributed by atoms with Gasteiger partial charge >= 0.3 is 0 Å². The summed E-state index contributed by atoms with van der Waals surface area (Å²) in [5.74, 6) is 0.498. The number of anilines is 2. The summed E-state index contributed by atoms with van der Waals surface area (Å²) in [7, 11) is -3.40. The van der Waals surface area contributed by atoms with Gasteiger partial charge in [0.1, 0.15) is 5.82 Å². The molecule has 0 aliphatic heterocycles. The van der Waals surface area contributed by atoms with Crippen LogP contribution >= 0.6 is 0 Å². The Morgan fingerprint density at radius 3 is 2.29 bits per heavy atom. The zero-order valence-electron chi connectivity index (χ0n) is 10.9. The molecule has 0 saturated carbocycles. The summed E-state index contributed by atoms with van der Waals surface area (Å²) >= 11 is 0. The summed E-state index contributed by atoms with van der Waals surface area (Å²) in [6.45, 7) is 8.20. The predicted octanol–water partition coefficient (Wildman–Crippen LogP) is 1.06. The normalized spacial score (nSPS) is 12.8. The van der Waals surface area contributed by atoms with Crippen LogP contribution in [0.2, 0.25) is 0 Å². The molecule has 0 bridgehead atoms. The molecule has 1 aromatic rings. The van der Waals surface area contributed by atoms with Crippen molar-refractivity contribution < 1.29 is 8.42 Å². The summed E-state index contributed by atoms with van der Waals surface area (Å²) in [6, 6.07) is 0. The molecule has 7 heteroatoms. The van der Waals surface area contributed by atoms with E-state index >= 15 is 0 Å². The fourth-order valence-electron chi connectivity index (χ4n) is 1.58. The number of hydrogen-bond donors (Lipinski definition) is 2. The van der Waals surface area contributed by atoms with Gasteiger partial charge in [-0.25, -0.2) is 13.1 Å². The molecule has 0 atom stereocenters. The van der Waals surface area contributed by atoms with Gasteiger partial charge in [-0.05, 0) is 27.7 Å². The van der Waals surface area contributed by atoms with Gasteiger partial charge in [0.2, 0.25) is 0 Å². The van der Waals surface area contributed by atoms with E-state index in [-0.39, 0.29) is 16.3 Å². The molecule has 1 rings (SSSR count). The van der Waals surface area contributed by atoms with Crippen LogP contribution in [-0.2, 0) is 15.4 Å². The number of nitrogens with two attached hydrogens (primary N) is 1. The van der Waals surface area contributed by atoms with Gasteiger partial charge in [0.05, 0.1) is 5.54 Å². The van der Waals surface area contributed by atoms with Crippen molar-refractivity contribution in [2.24, 2.45) is 0 Å². The Morgan fingerprint density at radius 2 is 1.94 bits per heavy atom. The van der Waals surface area contributed by atoms with Gasteiger partial charge in [0.25, 0.3) is 0 Å². The molecule has 0 fully saturated rings. The first kappa shape index (κ1) is 13.8. The van der Waals surface area contributed by atoms with Crippen molar-refractivity contribution in [1.29, 1.82) is 0 Å². The van der Waals surface area contributed by atoms with Crippen molar-refractivity contribution in [3.8, 4) is 0 Å². The number of nitrogens with one attached hydrogen (secondary N) is 1. The standard InChI is InChI=1S/C10H20N4O2S/c1-6-12-9-7(17(5,15)16)8(11)14(13-9)10(2,3)4/h6,11H2,1-5H3,(H,12,13). The SMILES string of the molecule is CCNc1nn(C(C)(C)C)c(N)c1S(C)(=O)=O. The van der Waals surface area contributed by atoms with Crippen LogP contribution in [-0.4, -0.2) is 31.0 Å². The number of aromatic nitrogens is 2. The summed E-state index contributed by atoms with van der Waals surface area (Å²) in [6.07, 6.45) is 1.13. The number of nitrogen functional groups attached to an aromatic ring is 1. The Hall–Kier alpha value is -1.24. The second-order valence-corrected chi connectivity index (χ2v) is 6.90. The Kier molecular flexibility index (Phi) is 3.42. The van der Waals surface area contributed by atoms with E-state index in [1.54, 1.807) is 0 Å². The molecule has 3 N–H and O–H groups in total. The first-order chi connectivity index (χ1) is 7.59. The lowest BCUT2D eigenvalue weighted by Crippen LogP contribution is -2.25. The first-order valence-corrected chi connectivity index (χ1v) is 7.31. The minimum atomic E-state index is -3.40. The highest BCUT2D eigenvalue weighted by Gasteiger charge is 2.28.